The number of aromatic nitrogens is 3. The van der Waals surface area contributed by atoms with Gasteiger partial charge < -0.3 is 4.57 Å². The van der Waals surface area contributed by atoms with Gasteiger partial charge in [-0.2, -0.15) is 0 Å². The van der Waals surface area contributed by atoms with Crippen LogP contribution >= 0.6 is 0 Å². The van der Waals surface area contributed by atoms with Crippen LogP contribution < -0.4 is 11.3 Å². The van der Waals surface area contributed by atoms with E-state index in [0.29, 0.717) is 0 Å². The normalized spacial score (nSPS) is 12.6. The zero-order valence-corrected chi connectivity index (χ0v) is 9.17. The molecule has 0 bridgehead atoms. The minimum atomic E-state index is -0.0991. The van der Waals surface area contributed by atoms with Gasteiger partial charge in [-0.3, -0.25) is 10.8 Å². The zero-order chi connectivity index (χ0) is 11.4. The van der Waals surface area contributed by atoms with Crippen molar-refractivity contribution in [2.75, 3.05) is 0 Å². The molecule has 0 aliphatic heterocycles. The molecule has 16 heavy (non-hydrogen) atoms. The van der Waals surface area contributed by atoms with E-state index in [0.717, 1.165) is 17.9 Å². The smallest absolute Gasteiger partial charge is 0.131 e. The number of rotatable bonds is 4. The second-order valence-corrected chi connectivity index (χ2v) is 3.45. The van der Waals surface area contributed by atoms with E-state index < -0.39 is 0 Å². The summed E-state index contributed by atoms with van der Waals surface area (Å²) >= 11 is 0. The fourth-order valence-corrected chi connectivity index (χ4v) is 1.72. The molecule has 0 aromatic carbocycles. The Morgan fingerprint density at radius 3 is 2.75 bits per heavy atom. The number of hydrazine groups is 1. The Morgan fingerprint density at radius 1 is 1.38 bits per heavy atom. The van der Waals surface area contributed by atoms with Gasteiger partial charge in [-0.05, 0) is 24.6 Å². The van der Waals surface area contributed by atoms with Crippen LogP contribution in [0.4, 0.5) is 0 Å². The molecule has 2 heterocycles. The van der Waals surface area contributed by atoms with Gasteiger partial charge >= 0.3 is 0 Å². The summed E-state index contributed by atoms with van der Waals surface area (Å²) in [5, 5.41) is 0. The molecule has 0 saturated carbocycles. The predicted molar refractivity (Wildman–Crippen MR) is 61.3 cm³/mol. The van der Waals surface area contributed by atoms with Crippen molar-refractivity contribution in [3.63, 3.8) is 0 Å². The summed E-state index contributed by atoms with van der Waals surface area (Å²) in [5.74, 6) is 6.51. The van der Waals surface area contributed by atoms with Crippen LogP contribution in [-0.4, -0.2) is 14.5 Å². The molecule has 0 aliphatic carbocycles. The van der Waals surface area contributed by atoms with Crippen molar-refractivity contribution in [3.05, 3.63) is 48.3 Å². The molecule has 0 radical (unpaired) electrons. The van der Waals surface area contributed by atoms with Crippen LogP contribution in [-0.2, 0) is 6.54 Å². The van der Waals surface area contributed by atoms with Crippen LogP contribution in [0.3, 0.4) is 0 Å². The van der Waals surface area contributed by atoms with E-state index in [4.69, 9.17) is 5.84 Å². The lowest BCUT2D eigenvalue weighted by Crippen LogP contribution is -2.31. The highest BCUT2D eigenvalue weighted by atomic mass is 15.3. The van der Waals surface area contributed by atoms with Crippen molar-refractivity contribution < 1.29 is 0 Å². The third kappa shape index (κ3) is 1.95. The summed E-state index contributed by atoms with van der Waals surface area (Å²) < 4.78 is 2.06. The molecule has 5 heteroatoms. The van der Waals surface area contributed by atoms with Gasteiger partial charge in [-0.25, -0.2) is 10.4 Å². The molecule has 2 aromatic heterocycles. The lowest BCUT2D eigenvalue weighted by Gasteiger charge is -2.16. The molecule has 0 aliphatic rings. The highest BCUT2D eigenvalue weighted by Gasteiger charge is 2.16. The first kappa shape index (κ1) is 10.8. The standard InChI is InChI=1S/C11H15N5/c1-2-16-8-7-14-11(16)10(15-12)9-3-5-13-6-4-9/h3-8,10,15H,2,12H2,1H3. The van der Waals surface area contributed by atoms with E-state index in [1.165, 1.54) is 0 Å². The maximum atomic E-state index is 5.60. The maximum absolute atomic E-state index is 5.60. The second kappa shape index (κ2) is 4.87. The molecule has 0 spiro atoms. The van der Waals surface area contributed by atoms with E-state index in [9.17, 15) is 0 Å². The fraction of sp³-hybridized carbons (Fsp3) is 0.273. The van der Waals surface area contributed by atoms with Gasteiger partial charge in [0.1, 0.15) is 11.9 Å². The number of hydrogen-bond acceptors (Lipinski definition) is 4. The average Bonchev–Trinajstić information content (AvgIpc) is 2.80. The molecule has 2 rings (SSSR count). The van der Waals surface area contributed by atoms with Crippen LogP contribution in [0.5, 0.6) is 0 Å². The molecule has 1 unspecified atom stereocenters. The number of hydrogen-bond donors (Lipinski definition) is 2. The van der Waals surface area contributed by atoms with Crippen LogP contribution in [0.1, 0.15) is 24.4 Å². The summed E-state index contributed by atoms with van der Waals surface area (Å²) in [5.41, 5.74) is 3.84. The predicted octanol–water partition coefficient (Wildman–Crippen LogP) is 0.851. The first-order chi connectivity index (χ1) is 7.86. The summed E-state index contributed by atoms with van der Waals surface area (Å²) in [7, 11) is 0. The summed E-state index contributed by atoms with van der Waals surface area (Å²) in [6.07, 6.45) is 7.23. The Hall–Kier alpha value is -1.72. The van der Waals surface area contributed by atoms with Gasteiger partial charge in [0.15, 0.2) is 0 Å². The molecular formula is C11H15N5. The molecule has 1 atom stereocenters. The largest absolute Gasteiger partial charge is 0.334 e. The molecule has 84 valence electrons. The van der Waals surface area contributed by atoms with E-state index in [1.54, 1.807) is 18.6 Å². The Balaban J connectivity index is 2.37. The minimum Gasteiger partial charge on any atom is -0.334 e. The van der Waals surface area contributed by atoms with Crippen LogP contribution in [0, 0.1) is 0 Å². The van der Waals surface area contributed by atoms with Crippen molar-refractivity contribution >= 4 is 0 Å². The van der Waals surface area contributed by atoms with Gasteiger partial charge in [-0.15, -0.1) is 0 Å². The lowest BCUT2D eigenvalue weighted by molar-refractivity contribution is 0.560. The van der Waals surface area contributed by atoms with Crippen LogP contribution in [0.25, 0.3) is 0 Å². The Bertz CT molecular complexity index is 437. The molecule has 2 aromatic rings. The van der Waals surface area contributed by atoms with Crippen molar-refractivity contribution in [2.24, 2.45) is 5.84 Å². The van der Waals surface area contributed by atoms with E-state index in [2.05, 4.69) is 26.9 Å². The van der Waals surface area contributed by atoms with Gasteiger partial charge in [0.2, 0.25) is 0 Å². The molecule has 3 N–H and O–H groups in total. The topological polar surface area (TPSA) is 68.8 Å². The van der Waals surface area contributed by atoms with E-state index in [-0.39, 0.29) is 6.04 Å². The molecular weight excluding hydrogens is 202 g/mol. The average molecular weight is 217 g/mol. The van der Waals surface area contributed by atoms with Gasteiger partial charge in [0, 0.05) is 31.3 Å². The SMILES string of the molecule is CCn1ccnc1C(NN)c1ccncc1. The Kier molecular flexibility index (Phi) is 3.28. The molecule has 0 fully saturated rings. The van der Waals surface area contributed by atoms with Crippen molar-refractivity contribution in [1.82, 2.24) is 20.0 Å². The first-order valence-corrected chi connectivity index (χ1v) is 5.24. The van der Waals surface area contributed by atoms with E-state index in [1.807, 2.05) is 18.3 Å². The second-order valence-electron chi connectivity index (χ2n) is 3.45. The summed E-state index contributed by atoms with van der Waals surface area (Å²) in [6.45, 7) is 2.95. The Labute approximate surface area is 94.3 Å². The van der Waals surface area contributed by atoms with Gasteiger partial charge in [0.25, 0.3) is 0 Å². The third-order valence-corrected chi connectivity index (χ3v) is 2.55. The van der Waals surface area contributed by atoms with Gasteiger partial charge in [-0.1, -0.05) is 0 Å². The summed E-state index contributed by atoms with van der Waals surface area (Å²) in [6, 6.07) is 3.76. The fourth-order valence-electron chi connectivity index (χ4n) is 1.72. The quantitative estimate of drug-likeness (QED) is 0.588. The lowest BCUT2D eigenvalue weighted by atomic mass is 10.1. The first-order valence-electron chi connectivity index (χ1n) is 5.24. The number of nitrogens with zero attached hydrogens (tertiary/aromatic N) is 3. The Morgan fingerprint density at radius 2 is 2.12 bits per heavy atom. The monoisotopic (exact) mass is 217 g/mol. The van der Waals surface area contributed by atoms with Crippen molar-refractivity contribution in [3.8, 4) is 0 Å². The molecule has 5 nitrogen and oxygen atoms in total. The number of nitrogens with two attached hydrogens (primary N) is 1. The maximum Gasteiger partial charge on any atom is 0.131 e. The summed E-state index contributed by atoms with van der Waals surface area (Å²) in [4.78, 5) is 8.32. The number of nitrogens with one attached hydrogen (secondary N) is 1. The highest BCUT2D eigenvalue weighted by Crippen LogP contribution is 2.18. The zero-order valence-electron chi connectivity index (χ0n) is 9.17. The van der Waals surface area contributed by atoms with Crippen molar-refractivity contribution in [1.29, 1.82) is 0 Å². The van der Waals surface area contributed by atoms with Crippen LogP contribution in [0.2, 0.25) is 0 Å². The van der Waals surface area contributed by atoms with Gasteiger partial charge in [0.05, 0.1) is 0 Å². The van der Waals surface area contributed by atoms with Crippen LogP contribution in [0.15, 0.2) is 36.9 Å². The third-order valence-electron chi connectivity index (χ3n) is 2.55. The van der Waals surface area contributed by atoms with E-state index >= 15 is 0 Å². The number of imidazole rings is 1. The number of aryl methyl sites for hydroxylation is 1. The highest BCUT2D eigenvalue weighted by molar-refractivity contribution is 5.22. The molecule has 0 amide bonds. The van der Waals surface area contributed by atoms with Crippen molar-refractivity contribution in [2.45, 2.75) is 19.5 Å². The molecule has 0 saturated heterocycles. The number of pyridine rings is 1. The minimum absolute atomic E-state index is 0.0991.